The summed E-state index contributed by atoms with van der Waals surface area (Å²) in [5.74, 6) is 1.24. The summed E-state index contributed by atoms with van der Waals surface area (Å²) in [6.45, 7) is 0.734. The Morgan fingerprint density at radius 1 is 0.968 bits per heavy atom. The summed E-state index contributed by atoms with van der Waals surface area (Å²) in [5.41, 5.74) is 2.33. The molecule has 0 aliphatic heterocycles. The van der Waals surface area contributed by atoms with Crippen molar-refractivity contribution in [3.63, 3.8) is 0 Å². The molecule has 160 valence electrons. The predicted octanol–water partition coefficient (Wildman–Crippen LogP) is 5.00. The molecular weight excluding hydrogens is 414 g/mol. The normalized spacial score (nSPS) is 10.4. The lowest BCUT2D eigenvalue weighted by Gasteiger charge is -2.08. The van der Waals surface area contributed by atoms with Gasteiger partial charge in [-0.2, -0.15) is 0 Å². The average Bonchev–Trinajstić information content (AvgIpc) is 2.79. The zero-order valence-corrected chi connectivity index (χ0v) is 18.0. The molecule has 2 N–H and O–H groups in total. The molecule has 0 aliphatic carbocycles. The number of hydrogen-bond acceptors (Lipinski definition) is 5. The van der Waals surface area contributed by atoms with Crippen LogP contribution in [0.1, 0.15) is 28.8 Å². The summed E-state index contributed by atoms with van der Waals surface area (Å²) >= 11 is 5.82. The number of ketones is 1. The van der Waals surface area contributed by atoms with Gasteiger partial charge in [0, 0.05) is 30.0 Å². The number of aromatic nitrogens is 1. The second-order valence-corrected chi connectivity index (χ2v) is 7.37. The fourth-order valence-corrected chi connectivity index (χ4v) is 3.06. The SMILES string of the molecule is COc1ccc(CCNc2ccc(NC(=O)CCC(=O)c3ccc(Cl)cc3)cn2)cc1. The quantitative estimate of drug-likeness (QED) is 0.436. The number of benzene rings is 2. The summed E-state index contributed by atoms with van der Waals surface area (Å²) in [4.78, 5) is 28.6. The van der Waals surface area contributed by atoms with E-state index in [1.165, 1.54) is 5.56 Å². The van der Waals surface area contributed by atoms with Crippen LogP contribution in [0.4, 0.5) is 11.5 Å². The van der Waals surface area contributed by atoms with Crippen molar-refractivity contribution in [2.75, 3.05) is 24.3 Å². The third kappa shape index (κ3) is 7.12. The van der Waals surface area contributed by atoms with Crippen molar-refractivity contribution >= 4 is 34.8 Å². The molecule has 0 aliphatic rings. The number of nitrogens with one attached hydrogen (secondary N) is 2. The summed E-state index contributed by atoms with van der Waals surface area (Å²) < 4.78 is 5.16. The number of carbonyl (C=O) groups is 2. The number of carbonyl (C=O) groups excluding carboxylic acids is 2. The minimum atomic E-state index is -0.232. The molecule has 0 fully saturated rings. The first-order valence-corrected chi connectivity index (χ1v) is 10.3. The van der Waals surface area contributed by atoms with Gasteiger partial charge in [-0.3, -0.25) is 9.59 Å². The van der Waals surface area contributed by atoms with Crippen LogP contribution >= 0.6 is 11.6 Å². The first kappa shape index (κ1) is 22.3. The summed E-state index contributed by atoms with van der Waals surface area (Å²) in [6, 6.07) is 18.2. The van der Waals surface area contributed by atoms with E-state index >= 15 is 0 Å². The van der Waals surface area contributed by atoms with Gasteiger partial charge >= 0.3 is 0 Å². The summed E-state index contributed by atoms with van der Waals surface area (Å²) in [6.07, 6.45) is 2.68. The van der Waals surface area contributed by atoms with Crippen LogP contribution in [0.3, 0.4) is 0 Å². The van der Waals surface area contributed by atoms with Gasteiger partial charge in [-0.25, -0.2) is 4.98 Å². The number of methoxy groups -OCH3 is 1. The van der Waals surface area contributed by atoms with Crippen molar-refractivity contribution < 1.29 is 14.3 Å². The second-order valence-electron chi connectivity index (χ2n) is 6.94. The van der Waals surface area contributed by atoms with Crippen LogP contribution in [0.5, 0.6) is 5.75 Å². The Bertz CT molecular complexity index is 1000. The standard InChI is InChI=1S/C24H24ClN3O3/c1-31-21-9-2-17(3-10-21)14-15-26-23-12-8-20(16-27-23)28-24(30)13-11-22(29)18-4-6-19(25)7-5-18/h2-10,12,16H,11,13-15H2,1H3,(H,26,27)(H,28,30). The van der Waals surface area contributed by atoms with Gasteiger partial charge in [0.2, 0.25) is 5.91 Å². The summed E-state index contributed by atoms with van der Waals surface area (Å²) in [5, 5.41) is 6.59. The van der Waals surface area contributed by atoms with Crippen LogP contribution in [-0.2, 0) is 11.2 Å². The predicted molar refractivity (Wildman–Crippen MR) is 123 cm³/mol. The Morgan fingerprint density at radius 3 is 2.35 bits per heavy atom. The van der Waals surface area contributed by atoms with E-state index in [9.17, 15) is 9.59 Å². The van der Waals surface area contributed by atoms with Crippen LogP contribution < -0.4 is 15.4 Å². The number of hydrogen-bond donors (Lipinski definition) is 2. The molecule has 31 heavy (non-hydrogen) atoms. The maximum absolute atomic E-state index is 12.1. The molecule has 0 saturated heterocycles. The van der Waals surface area contributed by atoms with Gasteiger partial charge in [0.1, 0.15) is 11.6 Å². The van der Waals surface area contributed by atoms with Crippen LogP contribution in [0.15, 0.2) is 66.9 Å². The third-order valence-corrected chi connectivity index (χ3v) is 4.92. The van der Waals surface area contributed by atoms with Crippen molar-refractivity contribution in [2.45, 2.75) is 19.3 Å². The Morgan fingerprint density at radius 2 is 1.71 bits per heavy atom. The zero-order valence-electron chi connectivity index (χ0n) is 17.2. The maximum atomic E-state index is 12.1. The first-order valence-electron chi connectivity index (χ1n) is 9.95. The van der Waals surface area contributed by atoms with Crippen LogP contribution in [-0.4, -0.2) is 30.3 Å². The Hall–Kier alpha value is -3.38. The van der Waals surface area contributed by atoms with Gasteiger partial charge in [0.15, 0.2) is 5.78 Å². The highest BCUT2D eigenvalue weighted by Gasteiger charge is 2.10. The lowest BCUT2D eigenvalue weighted by Crippen LogP contribution is -2.14. The van der Waals surface area contributed by atoms with Crippen molar-refractivity contribution in [1.29, 1.82) is 0 Å². The highest BCUT2D eigenvalue weighted by Crippen LogP contribution is 2.14. The fraction of sp³-hybridized carbons (Fsp3) is 0.208. The lowest BCUT2D eigenvalue weighted by atomic mass is 10.1. The Balaban J connectivity index is 1.40. The van der Waals surface area contributed by atoms with Gasteiger partial charge in [-0.05, 0) is 60.5 Å². The molecular formula is C24H24ClN3O3. The summed E-state index contributed by atoms with van der Waals surface area (Å²) in [7, 11) is 1.65. The Labute approximate surface area is 186 Å². The lowest BCUT2D eigenvalue weighted by molar-refractivity contribution is -0.116. The molecule has 0 unspecified atom stereocenters. The van der Waals surface area contributed by atoms with E-state index in [1.54, 1.807) is 43.6 Å². The van der Waals surface area contributed by atoms with Crippen molar-refractivity contribution in [3.05, 3.63) is 83.0 Å². The van der Waals surface area contributed by atoms with Crippen LogP contribution in [0.2, 0.25) is 5.02 Å². The average molecular weight is 438 g/mol. The molecule has 1 aromatic heterocycles. The van der Waals surface area contributed by atoms with E-state index in [0.717, 1.165) is 24.5 Å². The van der Waals surface area contributed by atoms with E-state index in [4.69, 9.17) is 16.3 Å². The van der Waals surface area contributed by atoms with Crippen molar-refractivity contribution in [1.82, 2.24) is 4.98 Å². The molecule has 0 saturated carbocycles. The third-order valence-electron chi connectivity index (χ3n) is 4.67. The fourth-order valence-electron chi connectivity index (χ4n) is 2.93. The number of Topliss-reactive ketones (excluding diaryl/α,β-unsaturated/α-hetero) is 1. The highest BCUT2D eigenvalue weighted by atomic mass is 35.5. The van der Waals surface area contributed by atoms with Crippen LogP contribution in [0, 0.1) is 0 Å². The molecule has 7 heteroatoms. The number of pyridine rings is 1. The minimum Gasteiger partial charge on any atom is -0.497 e. The molecule has 0 spiro atoms. The van der Waals surface area contributed by atoms with Gasteiger partial charge in [0.25, 0.3) is 0 Å². The van der Waals surface area contributed by atoms with Gasteiger partial charge in [0.05, 0.1) is 19.0 Å². The van der Waals surface area contributed by atoms with Gasteiger partial charge < -0.3 is 15.4 Å². The number of amides is 1. The zero-order chi connectivity index (χ0) is 22.1. The highest BCUT2D eigenvalue weighted by molar-refractivity contribution is 6.30. The molecule has 1 amide bonds. The molecule has 3 aromatic rings. The van der Waals surface area contributed by atoms with E-state index < -0.39 is 0 Å². The second kappa shape index (κ2) is 11.1. The molecule has 1 heterocycles. The Kier molecular flexibility index (Phi) is 8.01. The molecule has 6 nitrogen and oxygen atoms in total. The van der Waals surface area contributed by atoms with Crippen molar-refractivity contribution in [3.8, 4) is 5.75 Å². The number of halogens is 1. The smallest absolute Gasteiger partial charge is 0.224 e. The largest absolute Gasteiger partial charge is 0.497 e. The first-order chi connectivity index (χ1) is 15.0. The molecule has 3 rings (SSSR count). The number of ether oxygens (including phenoxy) is 1. The molecule has 0 atom stereocenters. The number of rotatable bonds is 10. The number of anilines is 2. The van der Waals surface area contributed by atoms with Crippen LogP contribution in [0.25, 0.3) is 0 Å². The molecule has 0 bridgehead atoms. The van der Waals surface area contributed by atoms with Crippen molar-refractivity contribution in [2.24, 2.45) is 0 Å². The van der Waals surface area contributed by atoms with E-state index in [1.807, 2.05) is 30.3 Å². The minimum absolute atomic E-state index is 0.0960. The molecule has 2 aromatic carbocycles. The maximum Gasteiger partial charge on any atom is 0.224 e. The monoisotopic (exact) mass is 437 g/mol. The van der Waals surface area contributed by atoms with E-state index in [0.29, 0.717) is 16.3 Å². The number of nitrogens with zero attached hydrogens (tertiary/aromatic N) is 1. The van der Waals surface area contributed by atoms with Gasteiger partial charge in [-0.15, -0.1) is 0 Å². The molecule has 0 radical (unpaired) electrons. The topological polar surface area (TPSA) is 80.3 Å². The van der Waals surface area contributed by atoms with Gasteiger partial charge in [-0.1, -0.05) is 23.7 Å². The van der Waals surface area contributed by atoms with E-state index in [2.05, 4.69) is 15.6 Å². The van der Waals surface area contributed by atoms with E-state index in [-0.39, 0.29) is 24.5 Å².